The van der Waals surface area contributed by atoms with E-state index < -0.39 is 12.0 Å². The minimum atomic E-state index is -0.812. The molecular weight excluding hydrogens is 262 g/mol. The van der Waals surface area contributed by atoms with Crippen molar-refractivity contribution >= 4 is 23.6 Å². The molecule has 5 heteroatoms. The zero-order valence-electron chi connectivity index (χ0n) is 11.1. The second-order valence-electron chi connectivity index (χ2n) is 6.01. The van der Waals surface area contributed by atoms with Gasteiger partial charge in [0.2, 0.25) is 5.91 Å². The second-order valence-corrected chi connectivity index (χ2v) is 7.16. The number of rotatable bonds is 2. The van der Waals surface area contributed by atoms with Crippen LogP contribution in [0, 0.1) is 11.8 Å². The van der Waals surface area contributed by atoms with Crippen LogP contribution in [0.3, 0.4) is 0 Å². The molecule has 2 heterocycles. The highest BCUT2D eigenvalue weighted by Gasteiger charge is 2.48. The van der Waals surface area contributed by atoms with Gasteiger partial charge in [-0.15, -0.1) is 0 Å². The Kier molecular flexibility index (Phi) is 3.74. The maximum absolute atomic E-state index is 12.7. The van der Waals surface area contributed by atoms with E-state index >= 15 is 0 Å². The molecule has 0 aromatic rings. The van der Waals surface area contributed by atoms with E-state index in [-0.39, 0.29) is 17.9 Å². The monoisotopic (exact) mass is 283 g/mol. The number of fused-ring (bicyclic) bond motifs is 1. The quantitative estimate of drug-likeness (QED) is 0.842. The minimum absolute atomic E-state index is 0.0625. The lowest BCUT2D eigenvalue weighted by atomic mass is 9.84. The Morgan fingerprint density at radius 1 is 1.16 bits per heavy atom. The molecule has 1 aliphatic carbocycles. The Bertz CT molecular complexity index is 381. The minimum Gasteiger partial charge on any atom is -0.480 e. The molecule has 4 nitrogen and oxygen atoms in total. The number of carbonyl (C=O) groups excluding carboxylic acids is 1. The normalized spacial score (nSPS) is 38.2. The summed E-state index contributed by atoms with van der Waals surface area (Å²) in [4.78, 5) is 25.9. The largest absolute Gasteiger partial charge is 0.480 e. The van der Waals surface area contributed by atoms with Gasteiger partial charge in [0.1, 0.15) is 6.04 Å². The molecule has 1 N–H and O–H groups in total. The topological polar surface area (TPSA) is 57.6 Å². The van der Waals surface area contributed by atoms with Crippen molar-refractivity contribution in [2.24, 2.45) is 11.8 Å². The van der Waals surface area contributed by atoms with Crippen LogP contribution in [-0.4, -0.2) is 45.5 Å². The highest BCUT2D eigenvalue weighted by atomic mass is 32.2. The van der Waals surface area contributed by atoms with Gasteiger partial charge in [0.05, 0.1) is 0 Å². The van der Waals surface area contributed by atoms with Gasteiger partial charge in [-0.3, -0.25) is 4.79 Å². The number of carboxylic acid groups (broad SMARTS) is 1. The number of amides is 1. The molecule has 3 rings (SSSR count). The van der Waals surface area contributed by atoms with Gasteiger partial charge in [0.15, 0.2) is 0 Å². The van der Waals surface area contributed by atoms with E-state index in [1.807, 2.05) is 11.8 Å². The zero-order valence-corrected chi connectivity index (χ0v) is 11.9. The molecule has 4 atom stereocenters. The predicted octanol–water partition coefficient (Wildman–Crippen LogP) is 1.98. The Morgan fingerprint density at radius 3 is 2.63 bits per heavy atom. The van der Waals surface area contributed by atoms with Crippen molar-refractivity contribution in [2.45, 2.75) is 50.6 Å². The first-order valence-corrected chi connectivity index (χ1v) is 8.46. The van der Waals surface area contributed by atoms with E-state index in [9.17, 15) is 14.7 Å². The Morgan fingerprint density at radius 2 is 1.95 bits per heavy atom. The second kappa shape index (κ2) is 5.35. The Balaban J connectivity index is 1.81. The van der Waals surface area contributed by atoms with Gasteiger partial charge in [0, 0.05) is 17.7 Å². The lowest BCUT2D eigenvalue weighted by Gasteiger charge is -2.34. The summed E-state index contributed by atoms with van der Waals surface area (Å²) in [5.74, 6) is 1.70. The summed E-state index contributed by atoms with van der Waals surface area (Å²) in [7, 11) is 0. The van der Waals surface area contributed by atoms with Crippen LogP contribution >= 0.6 is 11.8 Å². The first-order valence-electron chi connectivity index (χ1n) is 7.31. The van der Waals surface area contributed by atoms with Crippen LogP contribution < -0.4 is 0 Å². The molecular formula is C14H21NO3S. The summed E-state index contributed by atoms with van der Waals surface area (Å²) in [6, 6.07) is -0.362. The number of aliphatic carboxylic acids is 1. The molecule has 1 amide bonds. The van der Waals surface area contributed by atoms with Crippen LogP contribution in [-0.2, 0) is 9.59 Å². The maximum Gasteiger partial charge on any atom is 0.326 e. The summed E-state index contributed by atoms with van der Waals surface area (Å²) in [5.41, 5.74) is 0. The van der Waals surface area contributed by atoms with Crippen LogP contribution in [0.2, 0.25) is 0 Å². The van der Waals surface area contributed by atoms with Gasteiger partial charge in [-0.05, 0) is 37.4 Å². The lowest BCUT2D eigenvalue weighted by Crippen LogP contribution is -2.48. The van der Waals surface area contributed by atoms with Crippen molar-refractivity contribution in [3.63, 3.8) is 0 Å². The summed E-state index contributed by atoms with van der Waals surface area (Å²) in [6.45, 7) is 0. The fourth-order valence-corrected chi connectivity index (χ4v) is 5.15. The summed E-state index contributed by atoms with van der Waals surface area (Å²) >= 11 is 1.81. The van der Waals surface area contributed by atoms with Crippen molar-refractivity contribution in [3.8, 4) is 0 Å². The smallest absolute Gasteiger partial charge is 0.326 e. The van der Waals surface area contributed by atoms with E-state index in [0.717, 1.165) is 37.2 Å². The molecule has 4 unspecified atom stereocenters. The fourth-order valence-electron chi connectivity index (χ4n) is 3.94. The van der Waals surface area contributed by atoms with Gasteiger partial charge < -0.3 is 10.0 Å². The Hall–Kier alpha value is -0.710. The SMILES string of the molecule is O=C(O)C1CC2CCCCC2N1C(=O)C1CCSC1. The first kappa shape index (κ1) is 13.3. The van der Waals surface area contributed by atoms with Crippen molar-refractivity contribution in [1.29, 1.82) is 0 Å². The molecule has 19 heavy (non-hydrogen) atoms. The number of carbonyl (C=O) groups is 2. The van der Waals surface area contributed by atoms with E-state index in [0.29, 0.717) is 12.3 Å². The molecule has 2 aliphatic heterocycles. The number of likely N-dealkylation sites (tertiary alicyclic amines) is 1. The molecule has 1 saturated carbocycles. The third-order valence-electron chi connectivity index (χ3n) is 4.91. The Labute approximate surface area is 117 Å². The highest BCUT2D eigenvalue weighted by Crippen LogP contribution is 2.41. The third-order valence-corrected chi connectivity index (χ3v) is 6.07. The molecule has 0 aromatic heterocycles. The molecule has 0 aromatic carbocycles. The number of thioether (sulfide) groups is 1. The molecule has 0 bridgehead atoms. The summed E-state index contributed by atoms with van der Waals surface area (Å²) in [6.07, 6.45) is 6.01. The molecule has 106 valence electrons. The lowest BCUT2D eigenvalue weighted by molar-refractivity contribution is -0.151. The van der Waals surface area contributed by atoms with Crippen molar-refractivity contribution < 1.29 is 14.7 Å². The van der Waals surface area contributed by atoms with Crippen LogP contribution in [0.1, 0.15) is 38.5 Å². The maximum atomic E-state index is 12.7. The predicted molar refractivity (Wildman–Crippen MR) is 74.1 cm³/mol. The molecule has 2 saturated heterocycles. The first-order chi connectivity index (χ1) is 9.18. The number of hydrogen-bond donors (Lipinski definition) is 1. The number of hydrogen-bond acceptors (Lipinski definition) is 3. The molecule has 0 spiro atoms. The number of carboxylic acids is 1. The van der Waals surface area contributed by atoms with E-state index in [4.69, 9.17) is 0 Å². The van der Waals surface area contributed by atoms with Crippen molar-refractivity contribution in [1.82, 2.24) is 4.90 Å². The van der Waals surface area contributed by atoms with Gasteiger partial charge >= 0.3 is 5.97 Å². The summed E-state index contributed by atoms with van der Waals surface area (Å²) < 4.78 is 0. The van der Waals surface area contributed by atoms with Gasteiger partial charge in [-0.25, -0.2) is 4.79 Å². The van der Waals surface area contributed by atoms with Crippen molar-refractivity contribution in [2.75, 3.05) is 11.5 Å². The average Bonchev–Trinajstić information content (AvgIpc) is 3.05. The van der Waals surface area contributed by atoms with E-state index in [1.54, 1.807) is 4.90 Å². The third kappa shape index (κ3) is 2.37. The van der Waals surface area contributed by atoms with Gasteiger partial charge in [-0.1, -0.05) is 12.8 Å². The molecule has 0 radical (unpaired) electrons. The average molecular weight is 283 g/mol. The van der Waals surface area contributed by atoms with Crippen LogP contribution in [0.15, 0.2) is 0 Å². The van der Waals surface area contributed by atoms with E-state index in [2.05, 4.69) is 0 Å². The van der Waals surface area contributed by atoms with Crippen LogP contribution in [0.25, 0.3) is 0 Å². The molecule has 3 aliphatic rings. The number of nitrogens with zero attached hydrogens (tertiary/aromatic N) is 1. The van der Waals surface area contributed by atoms with Crippen LogP contribution in [0.5, 0.6) is 0 Å². The molecule has 3 fully saturated rings. The summed E-state index contributed by atoms with van der Waals surface area (Å²) in [5, 5.41) is 9.42. The van der Waals surface area contributed by atoms with Gasteiger partial charge in [0.25, 0.3) is 0 Å². The standard InChI is InChI=1S/C14H21NO3S/c16-13(10-5-6-19-8-10)15-11-4-2-1-3-9(11)7-12(15)14(17)18/h9-12H,1-8H2,(H,17,18). The fraction of sp³-hybridized carbons (Fsp3) is 0.857. The highest BCUT2D eigenvalue weighted by molar-refractivity contribution is 7.99. The van der Waals surface area contributed by atoms with E-state index in [1.165, 1.54) is 6.42 Å². The zero-order chi connectivity index (χ0) is 13.4. The van der Waals surface area contributed by atoms with Crippen LogP contribution in [0.4, 0.5) is 0 Å². The van der Waals surface area contributed by atoms with Gasteiger partial charge in [-0.2, -0.15) is 11.8 Å². The van der Waals surface area contributed by atoms with Crippen molar-refractivity contribution in [3.05, 3.63) is 0 Å².